The van der Waals surface area contributed by atoms with Gasteiger partial charge in [0, 0.05) is 36.4 Å². The molecule has 0 spiro atoms. The second kappa shape index (κ2) is 4.35. The number of likely N-dealkylation sites (tertiary alicyclic amines) is 1. The van der Waals surface area contributed by atoms with Crippen LogP contribution in [0.2, 0.25) is 0 Å². The smallest absolute Gasteiger partial charge is 0.0514 e. The molecule has 0 aromatic carbocycles. The maximum atomic E-state index is 7.91. The number of hydrogen-bond acceptors (Lipinski definition) is 3. The van der Waals surface area contributed by atoms with Crippen molar-refractivity contribution >= 4 is 5.71 Å². The van der Waals surface area contributed by atoms with E-state index in [1.54, 1.807) is 0 Å². The van der Waals surface area contributed by atoms with Crippen LogP contribution in [0.4, 0.5) is 0 Å². The molecule has 1 aliphatic rings. The molecule has 1 aliphatic heterocycles. The third kappa shape index (κ3) is 3.34. The Hall–Kier alpha value is -0.830. The molecule has 2 N–H and O–H groups in total. The lowest BCUT2D eigenvalue weighted by Crippen LogP contribution is -2.39. The molecule has 1 heterocycles. The third-order valence-corrected chi connectivity index (χ3v) is 2.64. The van der Waals surface area contributed by atoms with Gasteiger partial charge in [-0.05, 0) is 34.6 Å². The Balaban J connectivity index is 2.65. The molecule has 0 unspecified atom stereocenters. The van der Waals surface area contributed by atoms with Gasteiger partial charge in [0.05, 0.1) is 5.71 Å². The first-order chi connectivity index (χ1) is 6.80. The zero-order valence-corrected chi connectivity index (χ0v) is 10.5. The van der Waals surface area contributed by atoms with Gasteiger partial charge in [0.25, 0.3) is 0 Å². The highest BCUT2D eigenvalue weighted by Crippen LogP contribution is 2.21. The highest BCUT2D eigenvalue weighted by Gasteiger charge is 2.30. The van der Waals surface area contributed by atoms with Crippen LogP contribution in [-0.4, -0.2) is 35.3 Å². The molecule has 3 heteroatoms. The van der Waals surface area contributed by atoms with Crippen LogP contribution in [0.15, 0.2) is 11.8 Å². The predicted octanol–water partition coefficient (Wildman–Crippen LogP) is 2.00. The first-order valence-electron chi connectivity index (χ1n) is 5.58. The summed E-state index contributed by atoms with van der Waals surface area (Å²) in [4.78, 5) is 2.32. The van der Waals surface area contributed by atoms with E-state index in [4.69, 9.17) is 5.41 Å². The van der Waals surface area contributed by atoms with E-state index in [1.165, 1.54) is 0 Å². The van der Waals surface area contributed by atoms with Gasteiger partial charge in [0.15, 0.2) is 0 Å². The Morgan fingerprint density at radius 1 is 1.33 bits per heavy atom. The highest BCUT2D eigenvalue weighted by atomic mass is 15.2. The summed E-state index contributed by atoms with van der Waals surface area (Å²) in [6, 6.07) is 0.439. The summed E-state index contributed by atoms with van der Waals surface area (Å²) in [5.41, 5.74) is 2.02. The standard InChI is InChI=1S/C12H23N3/c1-9(2)14-6-10-7-15(8-11(10)13)12(3,4)5/h6,9,13-14H,7-8H2,1-5H3/b10-6-,13-11?. The molecule has 0 aromatic rings. The van der Waals surface area contributed by atoms with E-state index >= 15 is 0 Å². The fourth-order valence-corrected chi connectivity index (χ4v) is 1.52. The largest absolute Gasteiger partial charge is 0.388 e. The molecular formula is C12H23N3. The summed E-state index contributed by atoms with van der Waals surface area (Å²) in [6.45, 7) is 12.5. The van der Waals surface area contributed by atoms with Crippen molar-refractivity contribution in [2.75, 3.05) is 13.1 Å². The summed E-state index contributed by atoms with van der Waals surface area (Å²) < 4.78 is 0. The molecule has 0 bridgehead atoms. The molecule has 0 aliphatic carbocycles. The normalized spacial score (nSPS) is 21.7. The van der Waals surface area contributed by atoms with E-state index in [0.717, 1.165) is 24.4 Å². The number of nitrogens with zero attached hydrogens (tertiary/aromatic N) is 1. The van der Waals surface area contributed by atoms with Crippen LogP contribution in [0.25, 0.3) is 0 Å². The number of hydrogen-bond donors (Lipinski definition) is 2. The van der Waals surface area contributed by atoms with Crippen molar-refractivity contribution in [3.8, 4) is 0 Å². The van der Waals surface area contributed by atoms with Gasteiger partial charge in [-0.15, -0.1) is 0 Å². The summed E-state index contributed by atoms with van der Waals surface area (Å²) in [5.74, 6) is 0. The van der Waals surface area contributed by atoms with E-state index in [0.29, 0.717) is 6.04 Å². The van der Waals surface area contributed by atoms with Gasteiger partial charge in [-0.25, -0.2) is 0 Å². The molecule has 15 heavy (non-hydrogen) atoms. The van der Waals surface area contributed by atoms with Gasteiger partial charge in [-0.2, -0.15) is 0 Å². The van der Waals surface area contributed by atoms with Crippen LogP contribution in [0.3, 0.4) is 0 Å². The Bertz CT molecular complexity index is 271. The highest BCUT2D eigenvalue weighted by molar-refractivity contribution is 6.01. The van der Waals surface area contributed by atoms with Crippen molar-refractivity contribution in [1.29, 1.82) is 5.41 Å². The molecule has 1 fully saturated rings. The molecular weight excluding hydrogens is 186 g/mol. The van der Waals surface area contributed by atoms with E-state index in [9.17, 15) is 0 Å². The minimum absolute atomic E-state index is 0.153. The molecule has 0 amide bonds. The molecule has 1 rings (SSSR count). The quantitative estimate of drug-likeness (QED) is 0.730. The van der Waals surface area contributed by atoms with Crippen molar-refractivity contribution in [2.45, 2.75) is 46.2 Å². The van der Waals surface area contributed by atoms with Crippen molar-refractivity contribution in [2.24, 2.45) is 0 Å². The van der Waals surface area contributed by atoms with Gasteiger partial charge >= 0.3 is 0 Å². The fraction of sp³-hybridized carbons (Fsp3) is 0.750. The van der Waals surface area contributed by atoms with Crippen molar-refractivity contribution in [3.63, 3.8) is 0 Å². The first-order valence-corrected chi connectivity index (χ1v) is 5.58. The lowest BCUT2D eigenvalue weighted by molar-refractivity contribution is 0.188. The summed E-state index contributed by atoms with van der Waals surface area (Å²) in [6.07, 6.45) is 2.00. The number of rotatable bonds is 2. The lowest BCUT2D eigenvalue weighted by atomic mass is 10.1. The van der Waals surface area contributed by atoms with E-state index in [2.05, 4.69) is 44.8 Å². The molecule has 0 atom stereocenters. The monoisotopic (exact) mass is 209 g/mol. The minimum atomic E-state index is 0.153. The predicted molar refractivity (Wildman–Crippen MR) is 65.4 cm³/mol. The van der Waals surface area contributed by atoms with Crippen molar-refractivity contribution in [1.82, 2.24) is 10.2 Å². The van der Waals surface area contributed by atoms with Crippen LogP contribution in [-0.2, 0) is 0 Å². The summed E-state index contributed by atoms with van der Waals surface area (Å²) in [7, 11) is 0. The van der Waals surface area contributed by atoms with Gasteiger partial charge in [-0.1, -0.05) is 0 Å². The molecule has 0 radical (unpaired) electrons. The third-order valence-electron chi connectivity index (χ3n) is 2.64. The molecule has 0 aromatic heterocycles. The second-order valence-corrected chi connectivity index (χ2v) is 5.50. The Labute approximate surface area is 93.1 Å². The van der Waals surface area contributed by atoms with Crippen LogP contribution >= 0.6 is 0 Å². The first kappa shape index (κ1) is 12.2. The van der Waals surface area contributed by atoms with E-state index in [-0.39, 0.29) is 5.54 Å². The van der Waals surface area contributed by atoms with Crippen LogP contribution in [0, 0.1) is 5.41 Å². The van der Waals surface area contributed by atoms with Gasteiger partial charge in [-0.3, -0.25) is 4.90 Å². The maximum absolute atomic E-state index is 7.91. The van der Waals surface area contributed by atoms with Crippen LogP contribution < -0.4 is 5.32 Å². The van der Waals surface area contributed by atoms with Crippen LogP contribution in [0.5, 0.6) is 0 Å². The van der Waals surface area contributed by atoms with Gasteiger partial charge < -0.3 is 10.7 Å². The SMILES string of the molecule is CC(C)N/C=C1/CN(C(C)(C)C)CC1=N. The van der Waals surface area contributed by atoms with Crippen molar-refractivity contribution in [3.05, 3.63) is 11.8 Å². The molecule has 3 nitrogen and oxygen atoms in total. The lowest BCUT2D eigenvalue weighted by Gasteiger charge is -2.30. The zero-order chi connectivity index (χ0) is 11.6. The Morgan fingerprint density at radius 2 is 1.93 bits per heavy atom. The summed E-state index contributed by atoms with van der Waals surface area (Å²) >= 11 is 0. The average Bonchev–Trinajstić information content (AvgIpc) is 2.42. The van der Waals surface area contributed by atoms with Gasteiger partial charge in [0.1, 0.15) is 0 Å². The maximum Gasteiger partial charge on any atom is 0.0514 e. The van der Waals surface area contributed by atoms with E-state index in [1.807, 2.05) is 6.20 Å². The van der Waals surface area contributed by atoms with Gasteiger partial charge in [0.2, 0.25) is 0 Å². The second-order valence-electron chi connectivity index (χ2n) is 5.50. The van der Waals surface area contributed by atoms with E-state index < -0.39 is 0 Å². The summed E-state index contributed by atoms with van der Waals surface area (Å²) in [5, 5.41) is 11.2. The number of nitrogens with one attached hydrogen (secondary N) is 2. The Kier molecular flexibility index (Phi) is 3.55. The minimum Gasteiger partial charge on any atom is -0.388 e. The average molecular weight is 209 g/mol. The molecule has 0 saturated carbocycles. The fourth-order valence-electron chi connectivity index (χ4n) is 1.52. The Morgan fingerprint density at radius 3 is 2.33 bits per heavy atom. The topological polar surface area (TPSA) is 39.1 Å². The zero-order valence-electron chi connectivity index (χ0n) is 10.5. The molecule has 1 saturated heterocycles. The molecule has 86 valence electrons. The van der Waals surface area contributed by atoms with Crippen LogP contribution in [0.1, 0.15) is 34.6 Å². The van der Waals surface area contributed by atoms with Crippen molar-refractivity contribution < 1.29 is 0 Å².